The van der Waals surface area contributed by atoms with Gasteiger partial charge < -0.3 is 24.4 Å². The van der Waals surface area contributed by atoms with Gasteiger partial charge in [-0.15, -0.1) is 0 Å². The second-order valence-electron chi connectivity index (χ2n) is 9.60. The summed E-state index contributed by atoms with van der Waals surface area (Å²) in [4.78, 5) is 42.6. The first-order chi connectivity index (χ1) is 19.0. The van der Waals surface area contributed by atoms with Crippen molar-refractivity contribution in [1.82, 2.24) is 15.1 Å². The minimum Gasteiger partial charge on any atom is -0.489 e. The van der Waals surface area contributed by atoms with E-state index in [9.17, 15) is 14.4 Å². The number of morpholine rings is 1. The number of rotatable bonds is 11. The molecule has 1 unspecified atom stereocenters. The van der Waals surface area contributed by atoms with Crippen LogP contribution >= 0.6 is 0 Å². The van der Waals surface area contributed by atoms with E-state index < -0.39 is 11.9 Å². The Hall–Kier alpha value is -3.69. The summed E-state index contributed by atoms with van der Waals surface area (Å²) in [5.41, 5.74) is 2.72. The third-order valence-electron chi connectivity index (χ3n) is 7.00. The smallest absolute Gasteiger partial charge is 0.336 e. The first-order valence-electron chi connectivity index (χ1n) is 13.5. The van der Waals surface area contributed by atoms with Crippen molar-refractivity contribution in [3.63, 3.8) is 0 Å². The fourth-order valence-corrected chi connectivity index (χ4v) is 4.88. The number of nitrogens with one attached hydrogen (secondary N) is 1. The van der Waals surface area contributed by atoms with Crippen LogP contribution in [0, 0.1) is 0 Å². The van der Waals surface area contributed by atoms with E-state index >= 15 is 0 Å². The molecule has 1 saturated heterocycles. The molecule has 4 rings (SSSR count). The van der Waals surface area contributed by atoms with Crippen molar-refractivity contribution < 1.29 is 28.6 Å². The topological polar surface area (TPSA) is 97.4 Å². The Morgan fingerprint density at radius 1 is 1.05 bits per heavy atom. The molecule has 0 bridgehead atoms. The number of esters is 1. The molecule has 9 nitrogen and oxygen atoms in total. The van der Waals surface area contributed by atoms with Crippen molar-refractivity contribution in [1.29, 1.82) is 0 Å². The molecule has 2 heterocycles. The van der Waals surface area contributed by atoms with Crippen molar-refractivity contribution >= 4 is 17.8 Å². The fourth-order valence-electron chi connectivity index (χ4n) is 4.88. The number of allylic oxidation sites excluding steroid dienone is 1. The summed E-state index contributed by atoms with van der Waals surface area (Å²) in [5, 5.41) is 2.89. The van der Waals surface area contributed by atoms with Crippen LogP contribution in [0.4, 0.5) is 0 Å². The first-order valence-corrected chi connectivity index (χ1v) is 13.5. The molecule has 0 aromatic heterocycles. The molecule has 39 heavy (non-hydrogen) atoms. The van der Waals surface area contributed by atoms with Gasteiger partial charge in [0.25, 0.3) is 0 Å². The number of carbonyl (C=O) groups excluding carboxylic acids is 3. The zero-order chi connectivity index (χ0) is 27.6. The van der Waals surface area contributed by atoms with E-state index in [-0.39, 0.29) is 31.4 Å². The maximum atomic E-state index is 13.2. The quantitative estimate of drug-likeness (QED) is 0.442. The molecular formula is C30H37N3O6. The molecule has 1 N–H and O–H groups in total. The van der Waals surface area contributed by atoms with Gasteiger partial charge in [0.2, 0.25) is 11.8 Å². The van der Waals surface area contributed by atoms with Gasteiger partial charge in [0.1, 0.15) is 18.9 Å². The van der Waals surface area contributed by atoms with E-state index in [1.54, 1.807) is 13.8 Å². The number of hydrogen-bond donors (Lipinski definition) is 1. The summed E-state index contributed by atoms with van der Waals surface area (Å²) in [6.07, 6.45) is 0.0662. The molecule has 9 heteroatoms. The zero-order valence-electron chi connectivity index (χ0n) is 22.7. The first kappa shape index (κ1) is 28.3. The maximum Gasteiger partial charge on any atom is 0.336 e. The third kappa shape index (κ3) is 7.68. The van der Waals surface area contributed by atoms with E-state index in [0.29, 0.717) is 43.4 Å². The molecule has 2 amide bonds. The Balaban J connectivity index is 1.43. The summed E-state index contributed by atoms with van der Waals surface area (Å²) in [6.45, 7) is 8.24. The van der Waals surface area contributed by atoms with Gasteiger partial charge in [0, 0.05) is 44.2 Å². The predicted octanol–water partition coefficient (Wildman–Crippen LogP) is 2.87. The third-order valence-corrected chi connectivity index (χ3v) is 7.00. The molecule has 0 saturated carbocycles. The lowest BCUT2D eigenvalue weighted by Gasteiger charge is -2.34. The van der Waals surface area contributed by atoms with E-state index in [0.717, 1.165) is 30.8 Å². The predicted molar refractivity (Wildman–Crippen MR) is 146 cm³/mol. The summed E-state index contributed by atoms with van der Waals surface area (Å²) in [6, 6.07) is 17.3. The highest BCUT2D eigenvalue weighted by atomic mass is 16.5. The molecular weight excluding hydrogens is 498 g/mol. The lowest BCUT2D eigenvalue weighted by molar-refractivity contribution is -0.141. The van der Waals surface area contributed by atoms with E-state index in [4.69, 9.17) is 14.2 Å². The summed E-state index contributed by atoms with van der Waals surface area (Å²) >= 11 is 0. The van der Waals surface area contributed by atoms with Gasteiger partial charge in [-0.05, 0) is 37.1 Å². The van der Waals surface area contributed by atoms with Crippen LogP contribution in [0.1, 0.15) is 37.3 Å². The summed E-state index contributed by atoms with van der Waals surface area (Å²) < 4.78 is 16.6. The molecule has 0 spiro atoms. The monoisotopic (exact) mass is 535 g/mol. The molecule has 1 fully saturated rings. The zero-order valence-corrected chi connectivity index (χ0v) is 22.7. The SMILES string of the molecule is CCOC(=O)C1=C(C)N(CC(=O)NCCN2CCOCC2)C(=O)CC1c1ccc(OCc2ccccc2)cc1. The number of ether oxygens (including phenoxy) is 3. The molecule has 208 valence electrons. The fraction of sp³-hybridized carbons (Fsp3) is 0.433. The van der Waals surface area contributed by atoms with Crippen LogP contribution in [0.15, 0.2) is 65.9 Å². The van der Waals surface area contributed by atoms with Gasteiger partial charge in [-0.2, -0.15) is 0 Å². The number of carbonyl (C=O) groups is 3. The Morgan fingerprint density at radius 3 is 2.46 bits per heavy atom. The molecule has 2 aromatic carbocycles. The van der Waals surface area contributed by atoms with Crippen LogP contribution in [0.25, 0.3) is 0 Å². The Kier molecular flexibility index (Phi) is 10.1. The summed E-state index contributed by atoms with van der Waals surface area (Å²) in [7, 11) is 0. The van der Waals surface area contributed by atoms with Crippen molar-refractivity contribution in [3.05, 3.63) is 77.0 Å². The molecule has 1 atom stereocenters. The molecule has 0 aliphatic carbocycles. The van der Waals surface area contributed by atoms with Crippen molar-refractivity contribution in [2.75, 3.05) is 52.5 Å². The minimum absolute atomic E-state index is 0.0662. The summed E-state index contributed by atoms with van der Waals surface area (Å²) in [5.74, 6) is -0.732. The van der Waals surface area contributed by atoms with Crippen LogP contribution < -0.4 is 10.1 Å². The van der Waals surface area contributed by atoms with Gasteiger partial charge in [0.15, 0.2) is 0 Å². The molecule has 2 aliphatic heterocycles. The Bertz CT molecular complexity index is 1160. The maximum absolute atomic E-state index is 13.2. The number of hydrogen-bond acceptors (Lipinski definition) is 7. The van der Waals surface area contributed by atoms with Crippen LogP contribution in [0.2, 0.25) is 0 Å². The normalized spacial score (nSPS) is 18.2. The molecule has 2 aliphatic rings. The van der Waals surface area contributed by atoms with Crippen LogP contribution in [0.5, 0.6) is 5.75 Å². The van der Waals surface area contributed by atoms with Crippen LogP contribution in [-0.2, 0) is 30.5 Å². The van der Waals surface area contributed by atoms with Gasteiger partial charge >= 0.3 is 5.97 Å². The number of benzene rings is 2. The average molecular weight is 536 g/mol. The Labute approximate surface area is 229 Å². The lowest BCUT2D eigenvalue weighted by atomic mass is 9.83. The largest absolute Gasteiger partial charge is 0.489 e. The molecule has 0 radical (unpaired) electrons. The Morgan fingerprint density at radius 2 is 1.77 bits per heavy atom. The second-order valence-corrected chi connectivity index (χ2v) is 9.60. The van der Waals surface area contributed by atoms with E-state index in [1.807, 2.05) is 54.6 Å². The minimum atomic E-state index is -0.477. The average Bonchev–Trinajstić information content (AvgIpc) is 2.95. The van der Waals surface area contributed by atoms with Crippen molar-refractivity contribution in [3.8, 4) is 5.75 Å². The van der Waals surface area contributed by atoms with Crippen molar-refractivity contribution in [2.45, 2.75) is 32.8 Å². The van der Waals surface area contributed by atoms with E-state index in [2.05, 4.69) is 10.2 Å². The highest BCUT2D eigenvalue weighted by molar-refractivity contribution is 5.97. The van der Waals surface area contributed by atoms with Gasteiger partial charge in [-0.3, -0.25) is 14.5 Å². The van der Waals surface area contributed by atoms with Crippen molar-refractivity contribution in [2.24, 2.45) is 0 Å². The molecule has 2 aromatic rings. The lowest BCUT2D eigenvalue weighted by Crippen LogP contribution is -2.46. The second kappa shape index (κ2) is 13.9. The van der Waals surface area contributed by atoms with Gasteiger partial charge in [0.05, 0.1) is 25.4 Å². The van der Waals surface area contributed by atoms with Gasteiger partial charge in [-0.1, -0.05) is 42.5 Å². The highest BCUT2D eigenvalue weighted by Crippen LogP contribution is 2.37. The number of nitrogens with zero attached hydrogens (tertiary/aromatic N) is 2. The van der Waals surface area contributed by atoms with Crippen LogP contribution in [0.3, 0.4) is 0 Å². The number of amides is 2. The van der Waals surface area contributed by atoms with Crippen LogP contribution in [-0.4, -0.2) is 80.1 Å². The standard InChI is InChI=1S/C30H37N3O6/c1-3-38-30(36)29-22(2)33(20-27(34)31-13-14-32-15-17-37-18-16-32)28(35)19-26(29)24-9-11-25(12-10-24)39-21-23-7-5-4-6-8-23/h4-12,26H,3,13-21H2,1-2H3,(H,31,34). The highest BCUT2D eigenvalue weighted by Gasteiger charge is 2.37. The van der Waals surface area contributed by atoms with E-state index in [1.165, 1.54) is 4.90 Å². The van der Waals surface area contributed by atoms with Gasteiger partial charge in [-0.25, -0.2) is 4.79 Å².